The van der Waals surface area contributed by atoms with Crippen LogP contribution in [0.2, 0.25) is 0 Å². The van der Waals surface area contributed by atoms with Gasteiger partial charge in [-0.25, -0.2) is 9.59 Å². The first kappa shape index (κ1) is 21.7. The van der Waals surface area contributed by atoms with Crippen LogP contribution in [0, 0.1) is 0 Å². The van der Waals surface area contributed by atoms with Gasteiger partial charge in [0, 0.05) is 12.5 Å². The molecule has 0 unspecified atom stereocenters. The Hall–Kier alpha value is -4.13. The monoisotopic (exact) mass is 456 g/mol. The highest BCUT2D eigenvalue weighted by molar-refractivity contribution is 6.04. The maximum absolute atomic E-state index is 13.1. The number of likely N-dealkylation sites (tertiary alicyclic amines) is 1. The van der Waals surface area contributed by atoms with E-state index in [9.17, 15) is 19.5 Å². The summed E-state index contributed by atoms with van der Waals surface area (Å²) in [6.45, 7) is 0.526. The van der Waals surface area contributed by atoms with Gasteiger partial charge in [0.05, 0.1) is 11.3 Å². The zero-order valence-corrected chi connectivity index (χ0v) is 18.4. The Labute approximate surface area is 197 Å². The number of carboxylic acid groups (broad SMARTS) is 1. The molecular weight excluding hydrogens is 432 g/mol. The molecular formula is C27H24N2O5. The van der Waals surface area contributed by atoms with E-state index in [1.165, 1.54) is 4.90 Å². The van der Waals surface area contributed by atoms with E-state index in [1.807, 2.05) is 36.4 Å². The third-order valence-electron chi connectivity index (χ3n) is 6.54. The van der Waals surface area contributed by atoms with E-state index in [0.717, 1.165) is 22.3 Å². The van der Waals surface area contributed by atoms with E-state index < -0.39 is 24.0 Å². The average molecular weight is 456 g/mol. The van der Waals surface area contributed by atoms with Crippen molar-refractivity contribution in [3.8, 4) is 11.1 Å². The number of fused-ring (bicyclic) bond motifs is 3. The van der Waals surface area contributed by atoms with Gasteiger partial charge in [0.2, 0.25) is 0 Å². The number of hydrogen-bond acceptors (Lipinski definition) is 4. The molecule has 0 radical (unpaired) electrons. The maximum atomic E-state index is 13.1. The number of ether oxygens (including phenoxy) is 1. The van der Waals surface area contributed by atoms with E-state index in [-0.39, 0.29) is 18.1 Å². The molecule has 1 aliphatic carbocycles. The Balaban J connectivity index is 1.30. The Morgan fingerprint density at radius 3 is 2.21 bits per heavy atom. The van der Waals surface area contributed by atoms with Crippen molar-refractivity contribution < 1.29 is 24.2 Å². The second-order valence-electron chi connectivity index (χ2n) is 8.49. The number of benzene rings is 3. The number of rotatable bonds is 5. The predicted molar refractivity (Wildman–Crippen MR) is 127 cm³/mol. The molecule has 172 valence electrons. The number of carbonyl (C=O) groups excluding carboxylic acids is 2. The first-order chi connectivity index (χ1) is 16.5. The Kier molecular flexibility index (Phi) is 5.76. The standard InChI is InChI=1S/C27H24N2O5/c30-25(29-15-7-14-24(29)26(31)32)21-12-5-6-13-23(21)28-27(33)34-16-22-19-10-3-1-8-17(19)18-9-2-4-11-20(18)22/h1-6,8-13,22,24H,7,14-16H2,(H,28,33)(H,31,32)/t24-/m0/s1. The maximum Gasteiger partial charge on any atom is 0.411 e. The van der Waals surface area contributed by atoms with Crippen LogP contribution in [-0.4, -0.2) is 47.2 Å². The summed E-state index contributed by atoms with van der Waals surface area (Å²) in [5, 5.41) is 12.1. The zero-order valence-electron chi connectivity index (χ0n) is 18.4. The van der Waals surface area contributed by atoms with Gasteiger partial charge in [0.15, 0.2) is 0 Å². The van der Waals surface area contributed by atoms with Crippen molar-refractivity contribution in [2.24, 2.45) is 0 Å². The molecule has 0 saturated carbocycles. The average Bonchev–Trinajstić information content (AvgIpc) is 3.46. The van der Waals surface area contributed by atoms with E-state index in [1.54, 1.807) is 24.3 Å². The molecule has 1 saturated heterocycles. The summed E-state index contributed by atoms with van der Waals surface area (Å²) < 4.78 is 5.59. The minimum absolute atomic E-state index is 0.0732. The lowest BCUT2D eigenvalue weighted by Crippen LogP contribution is -2.40. The number of aliphatic carboxylic acids is 1. The fourth-order valence-electron chi connectivity index (χ4n) is 4.94. The smallest absolute Gasteiger partial charge is 0.411 e. The quantitative estimate of drug-likeness (QED) is 0.578. The second-order valence-corrected chi connectivity index (χ2v) is 8.49. The fraction of sp³-hybridized carbons (Fsp3) is 0.222. The van der Waals surface area contributed by atoms with E-state index in [0.29, 0.717) is 25.1 Å². The lowest BCUT2D eigenvalue weighted by molar-refractivity contribution is -0.141. The number of carbonyl (C=O) groups is 3. The first-order valence-corrected chi connectivity index (χ1v) is 11.3. The van der Waals surface area contributed by atoms with Gasteiger partial charge in [0.25, 0.3) is 5.91 Å². The highest BCUT2D eigenvalue weighted by atomic mass is 16.5. The van der Waals surface area contributed by atoms with Crippen LogP contribution >= 0.6 is 0 Å². The molecule has 1 atom stereocenters. The van der Waals surface area contributed by atoms with E-state index >= 15 is 0 Å². The van der Waals surface area contributed by atoms with Gasteiger partial charge in [0.1, 0.15) is 12.6 Å². The summed E-state index contributed by atoms with van der Waals surface area (Å²) in [7, 11) is 0. The zero-order chi connectivity index (χ0) is 23.7. The fourth-order valence-corrected chi connectivity index (χ4v) is 4.94. The van der Waals surface area contributed by atoms with Crippen LogP contribution in [0.5, 0.6) is 0 Å². The molecule has 7 heteroatoms. The summed E-state index contributed by atoms with van der Waals surface area (Å²) in [6.07, 6.45) is 0.381. The van der Waals surface area contributed by atoms with Gasteiger partial charge in [-0.2, -0.15) is 0 Å². The number of anilines is 1. The summed E-state index contributed by atoms with van der Waals surface area (Å²) in [6, 6.07) is 21.9. The van der Waals surface area contributed by atoms with Gasteiger partial charge in [-0.1, -0.05) is 60.7 Å². The number of hydrogen-bond donors (Lipinski definition) is 2. The number of para-hydroxylation sites is 1. The van der Waals surface area contributed by atoms with Gasteiger partial charge in [-0.15, -0.1) is 0 Å². The molecule has 0 bridgehead atoms. The molecule has 3 aromatic rings. The van der Waals surface area contributed by atoms with Crippen LogP contribution in [0.25, 0.3) is 11.1 Å². The van der Waals surface area contributed by atoms with Gasteiger partial charge in [-0.05, 0) is 47.2 Å². The van der Waals surface area contributed by atoms with Crippen molar-refractivity contribution in [2.75, 3.05) is 18.5 Å². The van der Waals surface area contributed by atoms with Crippen molar-refractivity contribution >= 4 is 23.7 Å². The van der Waals surface area contributed by atoms with E-state index in [2.05, 4.69) is 17.4 Å². The van der Waals surface area contributed by atoms with Crippen molar-refractivity contribution in [3.05, 3.63) is 89.5 Å². The highest BCUT2D eigenvalue weighted by Gasteiger charge is 2.35. The third-order valence-corrected chi connectivity index (χ3v) is 6.54. The normalized spacial score (nSPS) is 16.6. The van der Waals surface area contributed by atoms with Gasteiger partial charge in [-0.3, -0.25) is 10.1 Å². The Bertz CT molecular complexity index is 1230. The van der Waals surface area contributed by atoms with E-state index in [4.69, 9.17) is 4.74 Å². The molecule has 1 aliphatic heterocycles. The third kappa shape index (κ3) is 3.90. The van der Waals surface area contributed by atoms with Gasteiger partial charge >= 0.3 is 12.1 Å². The molecule has 7 nitrogen and oxygen atoms in total. The molecule has 5 rings (SSSR count). The van der Waals surface area contributed by atoms with Crippen molar-refractivity contribution in [3.63, 3.8) is 0 Å². The lowest BCUT2D eigenvalue weighted by atomic mass is 9.98. The minimum Gasteiger partial charge on any atom is -0.480 e. The van der Waals surface area contributed by atoms with Crippen LogP contribution in [0.15, 0.2) is 72.8 Å². The van der Waals surface area contributed by atoms with Crippen LogP contribution in [0.3, 0.4) is 0 Å². The molecule has 2 amide bonds. The predicted octanol–water partition coefficient (Wildman–Crippen LogP) is 4.74. The van der Waals surface area contributed by atoms with Crippen LogP contribution in [0.4, 0.5) is 10.5 Å². The summed E-state index contributed by atoms with van der Waals surface area (Å²) >= 11 is 0. The van der Waals surface area contributed by atoms with Crippen molar-refractivity contribution in [2.45, 2.75) is 24.8 Å². The first-order valence-electron chi connectivity index (χ1n) is 11.3. The molecule has 2 aliphatic rings. The molecule has 2 N–H and O–H groups in total. The SMILES string of the molecule is O=C(Nc1ccccc1C(=O)N1CCC[C@H]1C(=O)O)OCC1c2ccccc2-c2ccccc21. The molecule has 1 fully saturated rings. The molecule has 0 aromatic heterocycles. The van der Waals surface area contributed by atoms with Crippen molar-refractivity contribution in [1.29, 1.82) is 0 Å². The minimum atomic E-state index is -1.02. The topological polar surface area (TPSA) is 95.9 Å². The largest absolute Gasteiger partial charge is 0.480 e. The number of nitrogens with one attached hydrogen (secondary N) is 1. The summed E-state index contributed by atoms with van der Waals surface area (Å²) in [4.78, 5) is 38.6. The highest BCUT2D eigenvalue weighted by Crippen LogP contribution is 2.44. The summed E-state index contributed by atoms with van der Waals surface area (Å²) in [5.41, 5.74) is 5.04. The molecule has 0 spiro atoms. The Morgan fingerprint density at radius 1 is 0.912 bits per heavy atom. The number of amides is 2. The molecule has 3 aromatic carbocycles. The van der Waals surface area contributed by atoms with Crippen LogP contribution in [0.1, 0.15) is 40.2 Å². The lowest BCUT2D eigenvalue weighted by Gasteiger charge is -2.23. The molecule has 34 heavy (non-hydrogen) atoms. The Morgan fingerprint density at radius 2 is 1.53 bits per heavy atom. The van der Waals surface area contributed by atoms with Crippen molar-refractivity contribution in [1.82, 2.24) is 4.90 Å². The van der Waals surface area contributed by atoms with Crippen LogP contribution < -0.4 is 5.32 Å². The second kappa shape index (κ2) is 9.02. The number of nitrogens with zero attached hydrogens (tertiary/aromatic N) is 1. The summed E-state index contributed by atoms with van der Waals surface area (Å²) in [5.74, 6) is -1.51. The van der Waals surface area contributed by atoms with Crippen LogP contribution in [-0.2, 0) is 9.53 Å². The van der Waals surface area contributed by atoms with Gasteiger partial charge < -0.3 is 14.7 Å². The number of carboxylic acids is 1. The molecule has 1 heterocycles.